The lowest BCUT2D eigenvalue weighted by molar-refractivity contribution is 0.120. The first kappa shape index (κ1) is 34.3. The van der Waals surface area contributed by atoms with Crippen molar-refractivity contribution in [1.82, 2.24) is 0 Å². The van der Waals surface area contributed by atoms with E-state index in [4.69, 9.17) is 23.0 Å². The Kier molecular flexibility index (Phi) is 9.02. The lowest BCUT2D eigenvalue weighted by Gasteiger charge is -2.31. The van der Waals surface area contributed by atoms with Crippen molar-refractivity contribution in [2.75, 3.05) is 62.4 Å². The Morgan fingerprint density at radius 2 is 0.927 bits per heavy atom. The predicted molar refractivity (Wildman–Crippen MR) is 212 cm³/mol. The molecule has 4 aliphatic rings. The summed E-state index contributed by atoms with van der Waals surface area (Å²) in [5.41, 5.74) is 3.97. The van der Waals surface area contributed by atoms with Gasteiger partial charge in [0.1, 0.15) is 23.0 Å². The lowest BCUT2D eigenvalue weighted by atomic mass is 9.87. The molecule has 4 aromatic carbocycles. The zero-order valence-electron chi connectivity index (χ0n) is 29.8. The van der Waals surface area contributed by atoms with E-state index in [9.17, 15) is 9.59 Å². The molecule has 0 bridgehead atoms. The summed E-state index contributed by atoms with van der Waals surface area (Å²) in [7, 11) is 0. The van der Waals surface area contributed by atoms with Gasteiger partial charge in [-0.25, -0.2) is 0 Å². The van der Waals surface area contributed by atoms with E-state index >= 15 is 0 Å². The number of ether oxygens (including phenoxy) is 3. The molecule has 0 spiro atoms. The molecule has 6 aromatic rings. The number of morpholine rings is 2. The van der Waals surface area contributed by atoms with Gasteiger partial charge in [0.2, 0.25) is 0 Å². The molecular weight excluding hydrogens is 733 g/mol. The van der Waals surface area contributed by atoms with Crippen molar-refractivity contribution in [2.24, 2.45) is 0 Å². The van der Waals surface area contributed by atoms with Crippen LogP contribution in [-0.2, 0) is 9.47 Å². The number of anilines is 2. The maximum absolute atomic E-state index is 13.2. The molecule has 2 aromatic heterocycles. The molecule has 0 N–H and O–H groups in total. The third kappa shape index (κ3) is 6.44. The monoisotopic (exact) mass is 768 g/mol. The van der Waals surface area contributed by atoms with Crippen LogP contribution in [0.4, 0.5) is 11.8 Å². The van der Waals surface area contributed by atoms with Crippen LogP contribution in [0.2, 0.25) is 0 Å². The first-order chi connectivity index (χ1) is 27.1. The van der Waals surface area contributed by atoms with E-state index in [0.29, 0.717) is 87.4 Å². The highest BCUT2D eigenvalue weighted by molar-refractivity contribution is 8.00. The van der Waals surface area contributed by atoms with Gasteiger partial charge in [0.25, 0.3) is 0 Å². The summed E-state index contributed by atoms with van der Waals surface area (Å²) >= 11 is 3.32. The maximum Gasteiger partial charge on any atom is 0.199 e. The molecule has 2 atom stereocenters. The van der Waals surface area contributed by atoms with Crippen molar-refractivity contribution in [2.45, 2.75) is 31.4 Å². The minimum Gasteiger partial charge on any atom is -0.455 e. The number of hydrogen-bond donors (Lipinski definition) is 0. The fourth-order valence-corrected chi connectivity index (χ4v) is 10.3. The first-order valence-corrected chi connectivity index (χ1v) is 20.1. The average Bonchev–Trinajstić information content (AvgIpc) is 3.22. The molecular formula is C44H36N2O7S2. The highest BCUT2D eigenvalue weighted by atomic mass is 32.2. The molecule has 0 saturated carbocycles. The number of rotatable bonds is 6. The van der Waals surface area contributed by atoms with Crippen LogP contribution in [0, 0.1) is 0 Å². The number of nitrogens with zero attached hydrogens (tertiary/aromatic N) is 2. The molecule has 2 fully saturated rings. The quantitative estimate of drug-likeness (QED) is 0.163. The molecule has 276 valence electrons. The SMILES string of the molecule is O=c1cc(C2c3ccccc3Sc3c(Oc4cccc5c4Sc4ccccc4C5c4cc(=O)cc(N5CCOCC5)o4)cccc32)oc(N2CCOCC2)c1. The minimum atomic E-state index is -0.318. The van der Waals surface area contributed by atoms with E-state index in [0.717, 1.165) is 41.8 Å². The summed E-state index contributed by atoms with van der Waals surface area (Å²) in [5, 5.41) is 0. The van der Waals surface area contributed by atoms with Gasteiger partial charge in [-0.1, -0.05) is 84.2 Å². The second-order valence-electron chi connectivity index (χ2n) is 13.9. The highest BCUT2D eigenvalue weighted by Gasteiger charge is 2.35. The van der Waals surface area contributed by atoms with E-state index in [1.807, 2.05) is 48.5 Å². The van der Waals surface area contributed by atoms with Crippen molar-refractivity contribution < 1.29 is 23.0 Å². The largest absolute Gasteiger partial charge is 0.455 e. The van der Waals surface area contributed by atoms with Gasteiger partial charge in [0, 0.05) is 60.2 Å². The Labute approximate surface area is 325 Å². The van der Waals surface area contributed by atoms with Crippen molar-refractivity contribution in [3.05, 3.63) is 163 Å². The molecule has 11 heteroatoms. The van der Waals surface area contributed by atoms with E-state index in [1.165, 1.54) is 0 Å². The summed E-state index contributed by atoms with van der Waals surface area (Å²) in [6.07, 6.45) is 0. The van der Waals surface area contributed by atoms with Gasteiger partial charge < -0.3 is 32.8 Å². The van der Waals surface area contributed by atoms with Crippen LogP contribution in [0.3, 0.4) is 0 Å². The van der Waals surface area contributed by atoms with E-state index < -0.39 is 0 Å². The molecule has 4 aliphatic heterocycles. The molecule has 2 unspecified atom stereocenters. The fourth-order valence-electron chi connectivity index (χ4n) is 7.94. The van der Waals surface area contributed by atoms with Gasteiger partial charge >= 0.3 is 0 Å². The summed E-state index contributed by atoms with van der Waals surface area (Å²) in [6, 6.07) is 35.2. The Bertz CT molecular complexity index is 2370. The summed E-state index contributed by atoms with van der Waals surface area (Å²) in [6.45, 7) is 4.99. The normalized spacial score (nSPS) is 18.8. The van der Waals surface area contributed by atoms with Gasteiger partial charge in [-0.05, 0) is 46.5 Å². The van der Waals surface area contributed by atoms with E-state index in [-0.39, 0.29) is 22.7 Å². The third-order valence-electron chi connectivity index (χ3n) is 10.5. The molecule has 9 nitrogen and oxygen atoms in total. The molecule has 0 radical (unpaired) electrons. The van der Waals surface area contributed by atoms with Crippen LogP contribution in [0.1, 0.15) is 45.6 Å². The standard InChI is InChI=1S/C44H36N2O7S2/c47-27-23-35(52-39(25-27)45-15-19-49-20-16-45)41-29-7-1-3-13-37(29)54-43-31(41)9-5-11-33(43)51-34-12-6-10-32-42(30-8-2-4-14-38(30)55-44(32)34)36-24-28(48)26-40(53-36)46-17-21-50-22-18-46/h1-14,23-26,41-42H,15-22H2. The van der Waals surface area contributed by atoms with Crippen LogP contribution in [0.15, 0.2) is 147 Å². The van der Waals surface area contributed by atoms with Crippen LogP contribution in [0.25, 0.3) is 0 Å². The molecule has 0 aliphatic carbocycles. The molecule has 6 heterocycles. The summed E-state index contributed by atoms with van der Waals surface area (Å²) < 4.78 is 31.3. The van der Waals surface area contributed by atoms with Gasteiger partial charge in [-0.15, -0.1) is 0 Å². The third-order valence-corrected chi connectivity index (χ3v) is 13.0. The maximum atomic E-state index is 13.2. The van der Waals surface area contributed by atoms with Gasteiger partial charge in [0.05, 0.1) is 48.1 Å². The smallest absolute Gasteiger partial charge is 0.199 e. The number of hydrogen-bond acceptors (Lipinski definition) is 11. The Morgan fingerprint density at radius 1 is 0.509 bits per heavy atom. The molecule has 2 saturated heterocycles. The number of fused-ring (bicyclic) bond motifs is 4. The van der Waals surface area contributed by atoms with Crippen LogP contribution in [0.5, 0.6) is 11.5 Å². The molecule has 10 rings (SSSR count). The second kappa shape index (κ2) is 14.5. The second-order valence-corrected chi connectivity index (χ2v) is 16.0. The van der Waals surface area contributed by atoms with Crippen molar-refractivity contribution in [3.8, 4) is 11.5 Å². The van der Waals surface area contributed by atoms with Crippen LogP contribution < -0.4 is 25.4 Å². The summed E-state index contributed by atoms with van der Waals surface area (Å²) in [4.78, 5) is 34.7. The molecule has 55 heavy (non-hydrogen) atoms. The lowest BCUT2D eigenvalue weighted by Crippen LogP contribution is -2.36. The van der Waals surface area contributed by atoms with Gasteiger partial charge in [-0.2, -0.15) is 0 Å². The van der Waals surface area contributed by atoms with E-state index in [2.05, 4.69) is 46.2 Å². The van der Waals surface area contributed by atoms with E-state index in [1.54, 1.807) is 47.8 Å². The topological polar surface area (TPSA) is 94.6 Å². The average molecular weight is 769 g/mol. The summed E-state index contributed by atoms with van der Waals surface area (Å²) in [5.74, 6) is 3.08. The first-order valence-electron chi connectivity index (χ1n) is 18.5. The van der Waals surface area contributed by atoms with Crippen molar-refractivity contribution >= 4 is 35.3 Å². The van der Waals surface area contributed by atoms with Crippen LogP contribution in [-0.4, -0.2) is 52.6 Å². The molecule has 0 amide bonds. The van der Waals surface area contributed by atoms with Crippen molar-refractivity contribution in [3.63, 3.8) is 0 Å². The van der Waals surface area contributed by atoms with Crippen molar-refractivity contribution in [1.29, 1.82) is 0 Å². The predicted octanol–water partition coefficient (Wildman–Crippen LogP) is 8.35. The highest BCUT2D eigenvalue weighted by Crippen LogP contribution is 2.55. The minimum absolute atomic E-state index is 0.0958. The van der Waals surface area contributed by atoms with Gasteiger partial charge in [0.15, 0.2) is 22.6 Å². The number of benzene rings is 4. The Balaban J connectivity index is 1.06. The Hall–Kier alpha value is -5.20. The van der Waals surface area contributed by atoms with Gasteiger partial charge in [-0.3, -0.25) is 9.59 Å². The zero-order valence-corrected chi connectivity index (χ0v) is 31.4. The fraction of sp³-hybridized carbons (Fsp3) is 0.227. The Morgan fingerprint density at radius 3 is 1.38 bits per heavy atom. The zero-order chi connectivity index (χ0) is 36.9. The van der Waals surface area contributed by atoms with Crippen LogP contribution >= 0.6 is 23.5 Å².